The molecule has 0 saturated heterocycles. The van der Waals surface area contributed by atoms with Crippen molar-refractivity contribution in [1.82, 2.24) is 5.32 Å². The fourth-order valence-electron chi connectivity index (χ4n) is 2.87. The highest BCUT2D eigenvalue weighted by Crippen LogP contribution is 2.38. The van der Waals surface area contributed by atoms with Crippen LogP contribution in [0.2, 0.25) is 0 Å². The van der Waals surface area contributed by atoms with Gasteiger partial charge in [-0.3, -0.25) is 0 Å². The third-order valence-electron chi connectivity index (χ3n) is 3.78. The summed E-state index contributed by atoms with van der Waals surface area (Å²) in [4.78, 5) is 0. The Hall–Kier alpha value is 0.390. The molecular formula is C15H21BrIN. The molecule has 18 heavy (non-hydrogen) atoms. The van der Waals surface area contributed by atoms with Gasteiger partial charge >= 0.3 is 0 Å². The Morgan fingerprint density at radius 3 is 2.78 bits per heavy atom. The highest BCUT2D eigenvalue weighted by molar-refractivity contribution is 14.1. The molecule has 100 valence electrons. The van der Waals surface area contributed by atoms with Crippen LogP contribution in [-0.2, 0) is 0 Å². The summed E-state index contributed by atoms with van der Waals surface area (Å²) in [5, 5.41) is 3.76. The maximum atomic E-state index is 3.76. The Bertz CT molecular complexity index is 388. The first kappa shape index (κ1) is 14.8. The van der Waals surface area contributed by atoms with Gasteiger partial charge in [-0.25, -0.2) is 0 Å². The zero-order chi connectivity index (χ0) is 13.0. The molecule has 0 spiro atoms. The van der Waals surface area contributed by atoms with E-state index in [9.17, 15) is 0 Å². The van der Waals surface area contributed by atoms with Crippen LogP contribution in [0, 0.1) is 9.49 Å². The molecule has 0 aliphatic heterocycles. The third-order valence-corrected chi connectivity index (χ3v) is 5.17. The molecule has 1 aliphatic rings. The second kappa shape index (κ2) is 7.25. The van der Waals surface area contributed by atoms with Gasteiger partial charge in [0.1, 0.15) is 0 Å². The SMILES string of the molecule is CCCNC(c1cc(I)ccc1Br)C1CCCC1. The summed E-state index contributed by atoms with van der Waals surface area (Å²) in [6.45, 7) is 3.35. The highest BCUT2D eigenvalue weighted by Gasteiger charge is 2.27. The van der Waals surface area contributed by atoms with Crippen molar-refractivity contribution in [2.24, 2.45) is 5.92 Å². The monoisotopic (exact) mass is 421 g/mol. The lowest BCUT2D eigenvalue weighted by Crippen LogP contribution is -2.28. The quantitative estimate of drug-likeness (QED) is 0.637. The summed E-state index contributed by atoms with van der Waals surface area (Å²) in [6.07, 6.45) is 6.75. The average Bonchev–Trinajstić information content (AvgIpc) is 2.88. The van der Waals surface area contributed by atoms with Gasteiger partial charge in [0.15, 0.2) is 0 Å². The second-order valence-corrected chi connectivity index (χ2v) is 7.24. The summed E-state index contributed by atoms with van der Waals surface area (Å²) in [5.41, 5.74) is 1.45. The first-order valence-corrected chi connectivity index (χ1v) is 8.78. The lowest BCUT2D eigenvalue weighted by molar-refractivity contribution is 0.367. The molecule has 1 atom stereocenters. The van der Waals surface area contributed by atoms with Gasteiger partial charge in [-0.1, -0.05) is 35.7 Å². The molecule has 1 nitrogen and oxygen atoms in total. The Kier molecular flexibility index (Phi) is 5.96. The zero-order valence-corrected chi connectivity index (χ0v) is 14.6. The summed E-state index contributed by atoms with van der Waals surface area (Å²) in [7, 11) is 0. The molecule has 1 aromatic carbocycles. The van der Waals surface area contributed by atoms with Crippen LogP contribution in [0.15, 0.2) is 22.7 Å². The van der Waals surface area contributed by atoms with E-state index < -0.39 is 0 Å². The van der Waals surface area contributed by atoms with E-state index in [1.54, 1.807) is 0 Å². The summed E-state index contributed by atoms with van der Waals surface area (Å²) in [6, 6.07) is 7.21. The predicted octanol–water partition coefficient (Wildman–Crippen LogP) is 5.28. The molecule has 0 radical (unpaired) electrons. The predicted molar refractivity (Wildman–Crippen MR) is 89.9 cm³/mol. The molecule has 0 aromatic heterocycles. The van der Waals surface area contributed by atoms with Crippen LogP contribution in [0.3, 0.4) is 0 Å². The van der Waals surface area contributed by atoms with Crippen molar-refractivity contribution in [2.45, 2.75) is 45.1 Å². The van der Waals surface area contributed by atoms with Crippen molar-refractivity contribution in [2.75, 3.05) is 6.54 Å². The van der Waals surface area contributed by atoms with Crippen LogP contribution in [0.1, 0.15) is 50.6 Å². The molecule has 1 aromatic rings. The number of rotatable bonds is 5. The fraction of sp³-hybridized carbons (Fsp3) is 0.600. The first-order chi connectivity index (χ1) is 8.72. The van der Waals surface area contributed by atoms with E-state index >= 15 is 0 Å². The zero-order valence-electron chi connectivity index (χ0n) is 10.9. The van der Waals surface area contributed by atoms with Crippen LogP contribution in [0.5, 0.6) is 0 Å². The van der Waals surface area contributed by atoms with Crippen LogP contribution >= 0.6 is 38.5 Å². The number of halogens is 2. The first-order valence-electron chi connectivity index (χ1n) is 6.90. The summed E-state index contributed by atoms with van der Waals surface area (Å²) < 4.78 is 2.58. The van der Waals surface area contributed by atoms with E-state index in [1.807, 2.05) is 0 Å². The van der Waals surface area contributed by atoms with Gasteiger partial charge in [0.25, 0.3) is 0 Å². The van der Waals surface area contributed by atoms with Gasteiger partial charge in [0, 0.05) is 14.1 Å². The van der Waals surface area contributed by atoms with Crippen molar-refractivity contribution in [3.8, 4) is 0 Å². The normalized spacial score (nSPS) is 18.2. The fourth-order valence-corrected chi connectivity index (χ4v) is 3.88. The molecule has 0 amide bonds. The van der Waals surface area contributed by atoms with Gasteiger partial charge in [-0.05, 0) is 78.1 Å². The highest BCUT2D eigenvalue weighted by atomic mass is 127. The van der Waals surface area contributed by atoms with Crippen molar-refractivity contribution in [3.05, 3.63) is 31.8 Å². The molecule has 1 N–H and O–H groups in total. The molecule has 0 heterocycles. The van der Waals surface area contributed by atoms with Crippen LogP contribution in [0.25, 0.3) is 0 Å². The number of hydrogen-bond donors (Lipinski definition) is 1. The molecule has 3 heteroatoms. The molecule has 1 fully saturated rings. The topological polar surface area (TPSA) is 12.0 Å². The number of benzene rings is 1. The Morgan fingerprint density at radius 1 is 1.39 bits per heavy atom. The molecule has 1 saturated carbocycles. The van der Waals surface area contributed by atoms with Gasteiger partial charge in [-0.15, -0.1) is 0 Å². The Balaban J connectivity index is 2.23. The minimum Gasteiger partial charge on any atom is -0.310 e. The number of nitrogens with one attached hydrogen (secondary N) is 1. The molecule has 1 unspecified atom stereocenters. The summed E-state index contributed by atoms with van der Waals surface area (Å²) in [5.74, 6) is 0.811. The van der Waals surface area contributed by atoms with E-state index in [0.717, 1.165) is 12.5 Å². The lowest BCUT2D eigenvalue weighted by atomic mass is 9.91. The molecule has 0 bridgehead atoms. The van der Waals surface area contributed by atoms with E-state index in [2.05, 4.69) is 69.0 Å². The average molecular weight is 422 g/mol. The van der Waals surface area contributed by atoms with Gasteiger partial charge in [0.2, 0.25) is 0 Å². The Morgan fingerprint density at radius 2 is 2.11 bits per heavy atom. The van der Waals surface area contributed by atoms with Crippen molar-refractivity contribution in [3.63, 3.8) is 0 Å². The molecular weight excluding hydrogens is 401 g/mol. The smallest absolute Gasteiger partial charge is 0.0360 e. The maximum absolute atomic E-state index is 3.76. The standard InChI is InChI=1S/C15H21BrIN/c1-2-9-18-15(11-5-3-4-6-11)13-10-12(17)7-8-14(13)16/h7-8,10-11,15,18H,2-6,9H2,1H3. The van der Waals surface area contributed by atoms with Gasteiger partial charge < -0.3 is 5.32 Å². The van der Waals surface area contributed by atoms with E-state index in [-0.39, 0.29) is 0 Å². The van der Waals surface area contributed by atoms with E-state index in [1.165, 1.54) is 45.7 Å². The minimum absolute atomic E-state index is 0.525. The molecule has 1 aliphatic carbocycles. The Labute approximate surface area is 132 Å². The maximum Gasteiger partial charge on any atom is 0.0360 e. The van der Waals surface area contributed by atoms with Gasteiger partial charge in [0.05, 0.1) is 0 Å². The lowest BCUT2D eigenvalue weighted by Gasteiger charge is -2.26. The minimum atomic E-state index is 0.525. The third kappa shape index (κ3) is 3.70. The van der Waals surface area contributed by atoms with Crippen molar-refractivity contribution in [1.29, 1.82) is 0 Å². The van der Waals surface area contributed by atoms with Crippen LogP contribution in [-0.4, -0.2) is 6.54 Å². The van der Waals surface area contributed by atoms with Crippen molar-refractivity contribution >= 4 is 38.5 Å². The van der Waals surface area contributed by atoms with Crippen LogP contribution < -0.4 is 5.32 Å². The second-order valence-electron chi connectivity index (χ2n) is 5.14. The van der Waals surface area contributed by atoms with E-state index in [0.29, 0.717) is 6.04 Å². The van der Waals surface area contributed by atoms with Crippen molar-refractivity contribution < 1.29 is 0 Å². The summed E-state index contributed by atoms with van der Waals surface area (Å²) >= 11 is 6.13. The van der Waals surface area contributed by atoms with E-state index in [4.69, 9.17) is 0 Å². The molecule has 2 rings (SSSR count). The largest absolute Gasteiger partial charge is 0.310 e. The number of hydrogen-bond acceptors (Lipinski definition) is 1. The van der Waals surface area contributed by atoms with Gasteiger partial charge in [-0.2, -0.15) is 0 Å². The van der Waals surface area contributed by atoms with Crippen LogP contribution in [0.4, 0.5) is 0 Å².